The quantitative estimate of drug-likeness (QED) is 0.383. The third-order valence-electron chi connectivity index (χ3n) is 5.75. The van der Waals surface area contributed by atoms with Crippen LogP contribution in [0, 0.1) is 12.8 Å². The molecule has 2 heterocycles. The second-order valence-electron chi connectivity index (χ2n) is 8.11. The number of aliphatic imine (C=N–C) groups is 1. The van der Waals surface area contributed by atoms with Gasteiger partial charge < -0.3 is 25.1 Å². The van der Waals surface area contributed by atoms with E-state index in [1.165, 1.54) is 22.0 Å². The van der Waals surface area contributed by atoms with Gasteiger partial charge in [-0.1, -0.05) is 30.3 Å². The van der Waals surface area contributed by atoms with E-state index in [1.807, 2.05) is 0 Å². The first-order chi connectivity index (χ1) is 15.2. The fourth-order valence-corrected chi connectivity index (χ4v) is 3.92. The molecule has 0 radical (unpaired) electrons. The number of nitrogens with one attached hydrogen (secondary N) is 3. The maximum Gasteiger partial charge on any atom is 0.191 e. The Hall–Kier alpha value is -2.99. The Morgan fingerprint density at radius 1 is 1.19 bits per heavy atom. The number of H-pyrrole nitrogens is 1. The summed E-state index contributed by atoms with van der Waals surface area (Å²) in [6, 6.07) is 14.8. The van der Waals surface area contributed by atoms with Crippen LogP contribution in [0.25, 0.3) is 10.9 Å². The van der Waals surface area contributed by atoms with Crippen LogP contribution in [0.4, 0.5) is 0 Å². The molecular formula is C25H32N4O2. The van der Waals surface area contributed by atoms with E-state index in [4.69, 9.17) is 9.47 Å². The zero-order chi connectivity index (χ0) is 21.5. The number of hydrogen-bond acceptors (Lipinski definition) is 3. The summed E-state index contributed by atoms with van der Waals surface area (Å²) in [6.45, 7) is 5.90. The largest absolute Gasteiger partial charge is 0.493 e. The normalized spacial score (nSPS) is 16.6. The lowest BCUT2D eigenvalue weighted by Crippen LogP contribution is -2.37. The number of fused-ring (bicyclic) bond motifs is 1. The molecule has 31 heavy (non-hydrogen) atoms. The van der Waals surface area contributed by atoms with Crippen LogP contribution in [0.1, 0.15) is 23.1 Å². The van der Waals surface area contributed by atoms with E-state index in [2.05, 4.69) is 76.2 Å². The number of benzene rings is 2. The van der Waals surface area contributed by atoms with E-state index < -0.39 is 0 Å². The molecule has 1 unspecified atom stereocenters. The Morgan fingerprint density at radius 2 is 2.10 bits per heavy atom. The van der Waals surface area contributed by atoms with Crippen LogP contribution in [0.2, 0.25) is 0 Å². The van der Waals surface area contributed by atoms with Crippen molar-refractivity contribution in [3.8, 4) is 5.75 Å². The average molecular weight is 421 g/mol. The highest BCUT2D eigenvalue weighted by Gasteiger charge is 2.17. The molecular weight excluding hydrogens is 388 g/mol. The third kappa shape index (κ3) is 5.58. The van der Waals surface area contributed by atoms with Crippen LogP contribution < -0.4 is 15.4 Å². The fraction of sp³-hybridized carbons (Fsp3) is 0.400. The Labute approximate surface area is 184 Å². The van der Waals surface area contributed by atoms with Crippen LogP contribution >= 0.6 is 0 Å². The summed E-state index contributed by atoms with van der Waals surface area (Å²) in [5.74, 6) is 2.21. The molecule has 6 heteroatoms. The van der Waals surface area contributed by atoms with E-state index in [1.54, 1.807) is 7.05 Å². The predicted molar refractivity (Wildman–Crippen MR) is 126 cm³/mol. The number of aromatic amines is 1. The minimum absolute atomic E-state index is 0.486. The first-order valence-corrected chi connectivity index (χ1v) is 11.0. The number of aromatic nitrogens is 1. The molecule has 1 fully saturated rings. The molecule has 1 aliphatic heterocycles. The topological polar surface area (TPSA) is 70.7 Å². The number of rotatable bonds is 8. The van der Waals surface area contributed by atoms with Gasteiger partial charge in [0, 0.05) is 55.3 Å². The molecule has 0 amide bonds. The second-order valence-corrected chi connectivity index (χ2v) is 8.11. The average Bonchev–Trinajstić information content (AvgIpc) is 3.46. The number of nitrogens with zero attached hydrogens (tertiary/aromatic N) is 1. The minimum atomic E-state index is 0.486. The fourth-order valence-electron chi connectivity index (χ4n) is 3.92. The van der Waals surface area contributed by atoms with E-state index in [9.17, 15) is 0 Å². The molecule has 0 spiro atoms. The molecule has 1 aliphatic rings. The summed E-state index contributed by atoms with van der Waals surface area (Å²) in [7, 11) is 1.80. The summed E-state index contributed by atoms with van der Waals surface area (Å²) >= 11 is 0. The van der Waals surface area contributed by atoms with Crippen molar-refractivity contribution in [3.05, 3.63) is 65.4 Å². The predicted octanol–water partition coefficient (Wildman–Crippen LogP) is 3.80. The van der Waals surface area contributed by atoms with Crippen molar-refractivity contribution < 1.29 is 9.47 Å². The third-order valence-corrected chi connectivity index (χ3v) is 5.75. The molecule has 4 rings (SSSR count). The number of ether oxygens (including phenoxy) is 2. The maximum atomic E-state index is 6.16. The highest BCUT2D eigenvalue weighted by molar-refractivity contribution is 5.83. The molecule has 0 saturated carbocycles. The Kier molecular flexibility index (Phi) is 7.10. The van der Waals surface area contributed by atoms with Gasteiger partial charge >= 0.3 is 0 Å². The number of guanidine groups is 1. The molecule has 6 nitrogen and oxygen atoms in total. The molecule has 3 aromatic rings. The van der Waals surface area contributed by atoms with Gasteiger partial charge in [0.2, 0.25) is 0 Å². The van der Waals surface area contributed by atoms with Gasteiger partial charge in [-0.15, -0.1) is 0 Å². The van der Waals surface area contributed by atoms with Gasteiger partial charge in [-0.25, -0.2) is 0 Å². The smallest absolute Gasteiger partial charge is 0.191 e. The highest BCUT2D eigenvalue weighted by Crippen LogP contribution is 2.23. The van der Waals surface area contributed by atoms with Gasteiger partial charge in [0.25, 0.3) is 0 Å². The maximum absolute atomic E-state index is 6.16. The van der Waals surface area contributed by atoms with E-state index in [-0.39, 0.29) is 0 Å². The van der Waals surface area contributed by atoms with Crippen molar-refractivity contribution in [2.24, 2.45) is 10.9 Å². The molecule has 2 aromatic carbocycles. The van der Waals surface area contributed by atoms with Gasteiger partial charge in [-0.2, -0.15) is 0 Å². The van der Waals surface area contributed by atoms with Crippen LogP contribution in [0.5, 0.6) is 5.75 Å². The van der Waals surface area contributed by atoms with Crippen LogP contribution in [-0.2, 0) is 17.7 Å². The first kappa shape index (κ1) is 21.2. The van der Waals surface area contributed by atoms with Crippen LogP contribution in [-0.4, -0.2) is 44.4 Å². The summed E-state index contributed by atoms with van der Waals surface area (Å²) in [6.07, 6.45) is 4.09. The lowest BCUT2D eigenvalue weighted by atomic mass is 10.1. The number of hydrogen-bond donors (Lipinski definition) is 3. The number of para-hydroxylation sites is 1. The Morgan fingerprint density at radius 3 is 2.94 bits per heavy atom. The first-order valence-electron chi connectivity index (χ1n) is 11.0. The van der Waals surface area contributed by atoms with E-state index >= 15 is 0 Å². The second kappa shape index (κ2) is 10.4. The van der Waals surface area contributed by atoms with Crippen molar-refractivity contribution in [3.63, 3.8) is 0 Å². The summed E-state index contributed by atoms with van der Waals surface area (Å²) in [5.41, 5.74) is 4.81. The highest BCUT2D eigenvalue weighted by atomic mass is 16.5. The molecule has 1 atom stereocenters. The van der Waals surface area contributed by atoms with Crippen molar-refractivity contribution in [1.82, 2.24) is 15.6 Å². The standard InChI is InChI=1S/C25H32N4O2/c1-18-7-8-21(24(13-18)31-17-19-10-12-30-16-19)15-29-25(26-2)27-11-9-20-14-28-23-6-4-3-5-22(20)23/h3-8,13-14,19,28H,9-12,15-17H2,1-2H3,(H2,26,27,29). The monoisotopic (exact) mass is 420 g/mol. The van der Waals surface area contributed by atoms with Gasteiger partial charge in [0.05, 0.1) is 13.2 Å². The molecule has 1 aromatic heterocycles. The Bertz CT molecular complexity index is 1020. The summed E-state index contributed by atoms with van der Waals surface area (Å²) in [4.78, 5) is 7.70. The van der Waals surface area contributed by atoms with E-state index in [0.29, 0.717) is 19.1 Å². The zero-order valence-corrected chi connectivity index (χ0v) is 18.4. The van der Waals surface area contributed by atoms with Crippen LogP contribution in [0.15, 0.2) is 53.7 Å². The lowest BCUT2D eigenvalue weighted by Gasteiger charge is -2.17. The van der Waals surface area contributed by atoms with Gasteiger partial charge in [-0.3, -0.25) is 4.99 Å². The SMILES string of the molecule is CN=C(NCCc1c[nH]c2ccccc12)NCc1ccc(C)cc1OCC1CCOC1. The summed E-state index contributed by atoms with van der Waals surface area (Å²) < 4.78 is 11.6. The van der Waals surface area contributed by atoms with Gasteiger partial charge in [0.15, 0.2) is 5.96 Å². The molecule has 0 bridgehead atoms. The van der Waals surface area contributed by atoms with Crippen molar-refractivity contribution >= 4 is 16.9 Å². The lowest BCUT2D eigenvalue weighted by molar-refractivity contribution is 0.166. The Balaban J connectivity index is 1.30. The number of aryl methyl sites for hydroxylation is 1. The van der Waals surface area contributed by atoms with Gasteiger partial charge in [-0.05, 0) is 43.0 Å². The van der Waals surface area contributed by atoms with Crippen molar-refractivity contribution in [1.29, 1.82) is 0 Å². The van der Waals surface area contributed by atoms with Crippen molar-refractivity contribution in [2.45, 2.75) is 26.3 Å². The minimum Gasteiger partial charge on any atom is -0.493 e. The van der Waals surface area contributed by atoms with Gasteiger partial charge in [0.1, 0.15) is 5.75 Å². The molecule has 164 valence electrons. The molecule has 3 N–H and O–H groups in total. The van der Waals surface area contributed by atoms with Crippen LogP contribution in [0.3, 0.4) is 0 Å². The zero-order valence-electron chi connectivity index (χ0n) is 18.4. The van der Waals surface area contributed by atoms with Crippen molar-refractivity contribution in [2.75, 3.05) is 33.4 Å². The molecule has 1 saturated heterocycles. The van der Waals surface area contributed by atoms with E-state index in [0.717, 1.165) is 49.9 Å². The summed E-state index contributed by atoms with van der Waals surface area (Å²) in [5, 5.41) is 8.11. The molecule has 0 aliphatic carbocycles.